The summed E-state index contributed by atoms with van der Waals surface area (Å²) in [7, 11) is 0. The molecule has 3 rings (SSSR count). The van der Waals surface area contributed by atoms with E-state index in [9.17, 15) is 14.4 Å². The zero-order valence-corrected chi connectivity index (χ0v) is 13.9. The number of aliphatic carboxylic acids is 1. The number of nitrogens with one attached hydrogen (secondary N) is 3. The number of carboxylic acids is 1. The van der Waals surface area contributed by atoms with Gasteiger partial charge in [0.25, 0.3) is 5.56 Å². The maximum Gasteiger partial charge on any atom is 0.303 e. The molecule has 0 bridgehead atoms. The van der Waals surface area contributed by atoms with Crippen molar-refractivity contribution in [1.82, 2.24) is 19.9 Å². The second-order valence-electron chi connectivity index (χ2n) is 5.32. The lowest BCUT2D eigenvalue weighted by molar-refractivity contribution is -0.137. The van der Waals surface area contributed by atoms with Gasteiger partial charge in [0.05, 0.1) is 6.33 Å². The van der Waals surface area contributed by atoms with Gasteiger partial charge in [-0.3, -0.25) is 19.4 Å². The standard InChI is InChI=1S/C11H13NO3.C5H5N5O/c1-8(13)12-10-5-2-9(3-6-10)4-7-11(14)15;6-5-9-3-2(4(11)10-5)7-1-8-3/h2-3,5-6H,4,7H2,1H3,(H,12,13)(H,14,15);1H,(H4,6,7,8,9,10,11). The Hall–Kier alpha value is -3.69. The molecule has 0 aliphatic heterocycles. The van der Waals surface area contributed by atoms with Gasteiger partial charge in [-0.05, 0) is 24.1 Å². The molecule has 10 heteroatoms. The van der Waals surface area contributed by atoms with Gasteiger partial charge in [-0.15, -0.1) is 0 Å². The number of anilines is 2. The van der Waals surface area contributed by atoms with Crippen LogP contribution in [-0.4, -0.2) is 36.9 Å². The minimum Gasteiger partial charge on any atom is -0.481 e. The van der Waals surface area contributed by atoms with Crippen molar-refractivity contribution in [3.63, 3.8) is 0 Å². The first-order chi connectivity index (χ1) is 12.3. The molecule has 0 spiro atoms. The third kappa shape index (κ3) is 5.44. The van der Waals surface area contributed by atoms with Gasteiger partial charge in [0.2, 0.25) is 11.9 Å². The summed E-state index contributed by atoms with van der Waals surface area (Å²) in [5, 5.41) is 11.1. The zero-order valence-electron chi connectivity index (χ0n) is 13.9. The van der Waals surface area contributed by atoms with Gasteiger partial charge in [0, 0.05) is 19.0 Å². The van der Waals surface area contributed by atoms with Crippen molar-refractivity contribution in [3.05, 3.63) is 46.5 Å². The molecule has 10 nitrogen and oxygen atoms in total. The maximum atomic E-state index is 11.0. The summed E-state index contributed by atoms with van der Waals surface area (Å²) in [5.41, 5.74) is 7.32. The first-order valence-corrected chi connectivity index (χ1v) is 7.62. The van der Waals surface area contributed by atoms with Gasteiger partial charge in [0.1, 0.15) is 0 Å². The highest BCUT2D eigenvalue weighted by Crippen LogP contribution is 2.10. The molecular formula is C16H18N6O4. The number of hydrogen-bond acceptors (Lipinski definition) is 6. The molecule has 0 unspecified atom stereocenters. The molecule has 0 aliphatic carbocycles. The predicted octanol–water partition coefficient (Wildman–Crippen LogP) is 0.891. The topological polar surface area (TPSA) is 167 Å². The number of nitrogens with two attached hydrogens (primary N) is 1. The second-order valence-corrected chi connectivity index (χ2v) is 5.32. The quantitative estimate of drug-likeness (QED) is 0.461. The molecular weight excluding hydrogens is 340 g/mol. The van der Waals surface area contributed by atoms with E-state index in [0.29, 0.717) is 17.6 Å². The number of nitrogens with zero attached hydrogens (tertiary/aromatic N) is 2. The lowest BCUT2D eigenvalue weighted by atomic mass is 10.1. The minimum absolute atomic E-state index is 0.0783. The molecule has 0 saturated carbocycles. The lowest BCUT2D eigenvalue weighted by Crippen LogP contribution is -2.10. The number of H-pyrrole nitrogens is 2. The van der Waals surface area contributed by atoms with Crippen molar-refractivity contribution >= 4 is 34.7 Å². The normalized spacial score (nSPS) is 10.0. The van der Waals surface area contributed by atoms with Gasteiger partial charge < -0.3 is 21.1 Å². The van der Waals surface area contributed by atoms with Crippen LogP contribution in [0.3, 0.4) is 0 Å². The van der Waals surface area contributed by atoms with E-state index in [1.807, 2.05) is 12.1 Å². The van der Waals surface area contributed by atoms with Crippen LogP contribution in [0.4, 0.5) is 11.6 Å². The summed E-state index contributed by atoms with van der Waals surface area (Å²) in [6, 6.07) is 7.15. The van der Waals surface area contributed by atoms with Crippen molar-refractivity contribution in [2.24, 2.45) is 0 Å². The van der Waals surface area contributed by atoms with Gasteiger partial charge in [-0.1, -0.05) is 12.1 Å². The van der Waals surface area contributed by atoms with Crippen LogP contribution in [0.1, 0.15) is 18.9 Å². The fraction of sp³-hybridized carbons (Fsp3) is 0.188. The number of hydrogen-bond donors (Lipinski definition) is 5. The van der Waals surface area contributed by atoms with Crippen molar-refractivity contribution < 1.29 is 14.7 Å². The zero-order chi connectivity index (χ0) is 19.1. The SMILES string of the molecule is CC(=O)Nc1ccc(CCC(=O)O)cc1.Nc1nc2nc[nH]c2c(=O)[nH]1. The second kappa shape index (κ2) is 8.42. The average Bonchev–Trinajstić information content (AvgIpc) is 3.03. The summed E-state index contributed by atoms with van der Waals surface area (Å²) in [6.07, 6.45) is 2.03. The number of nitrogen functional groups attached to an aromatic ring is 1. The molecule has 2 heterocycles. The number of fused-ring (bicyclic) bond motifs is 1. The molecule has 136 valence electrons. The summed E-state index contributed by atoms with van der Waals surface area (Å²) in [5.74, 6) is -0.844. The van der Waals surface area contributed by atoms with E-state index in [1.54, 1.807) is 12.1 Å². The average molecular weight is 358 g/mol. The number of rotatable bonds is 4. The first-order valence-electron chi connectivity index (χ1n) is 7.62. The largest absolute Gasteiger partial charge is 0.481 e. The number of aryl methyl sites for hydroxylation is 1. The number of carboxylic acid groups (broad SMARTS) is 1. The van der Waals surface area contributed by atoms with Crippen LogP contribution in [0, 0.1) is 0 Å². The minimum atomic E-state index is -0.805. The summed E-state index contributed by atoms with van der Waals surface area (Å²) >= 11 is 0. The van der Waals surface area contributed by atoms with Gasteiger partial charge in [0.15, 0.2) is 11.2 Å². The monoisotopic (exact) mass is 358 g/mol. The van der Waals surface area contributed by atoms with Gasteiger partial charge in [-0.2, -0.15) is 4.98 Å². The highest BCUT2D eigenvalue weighted by atomic mass is 16.4. The number of carbonyl (C=O) groups is 2. The van der Waals surface area contributed by atoms with E-state index >= 15 is 0 Å². The Labute approximate surface area is 147 Å². The van der Waals surface area contributed by atoms with Crippen LogP contribution in [-0.2, 0) is 16.0 Å². The van der Waals surface area contributed by atoms with Crippen LogP contribution >= 0.6 is 0 Å². The highest BCUT2D eigenvalue weighted by Gasteiger charge is 2.02. The van der Waals surface area contributed by atoms with Gasteiger partial charge in [-0.25, -0.2) is 4.98 Å². The maximum absolute atomic E-state index is 11.0. The summed E-state index contributed by atoms with van der Waals surface area (Å²) in [4.78, 5) is 44.6. The van der Waals surface area contributed by atoms with Crippen LogP contribution in [0.25, 0.3) is 11.2 Å². The van der Waals surface area contributed by atoms with E-state index in [1.165, 1.54) is 13.3 Å². The van der Waals surface area contributed by atoms with Crippen molar-refractivity contribution in [1.29, 1.82) is 0 Å². The number of benzene rings is 1. The fourth-order valence-electron chi connectivity index (χ4n) is 2.07. The fourth-order valence-corrected chi connectivity index (χ4v) is 2.07. The van der Waals surface area contributed by atoms with Crippen molar-refractivity contribution in [2.45, 2.75) is 19.8 Å². The van der Waals surface area contributed by atoms with Crippen LogP contribution in [0.2, 0.25) is 0 Å². The summed E-state index contributed by atoms with van der Waals surface area (Å²) < 4.78 is 0. The molecule has 26 heavy (non-hydrogen) atoms. The highest BCUT2D eigenvalue weighted by molar-refractivity contribution is 5.88. The van der Waals surface area contributed by atoms with Gasteiger partial charge >= 0.3 is 5.97 Å². The third-order valence-corrected chi connectivity index (χ3v) is 3.22. The van der Waals surface area contributed by atoms with E-state index in [0.717, 1.165) is 11.3 Å². The molecule has 0 atom stereocenters. The predicted molar refractivity (Wildman–Crippen MR) is 95.6 cm³/mol. The molecule has 0 aliphatic rings. The third-order valence-electron chi connectivity index (χ3n) is 3.22. The Balaban J connectivity index is 0.000000195. The smallest absolute Gasteiger partial charge is 0.303 e. The number of amides is 1. The molecule has 6 N–H and O–H groups in total. The Morgan fingerprint density at radius 1 is 1.27 bits per heavy atom. The summed E-state index contributed by atoms with van der Waals surface area (Å²) in [6.45, 7) is 1.44. The Morgan fingerprint density at radius 3 is 2.58 bits per heavy atom. The molecule has 1 amide bonds. The number of carbonyl (C=O) groups excluding carboxylic acids is 1. The Bertz CT molecular complexity index is 961. The molecule has 0 fully saturated rings. The Kier molecular flexibility index (Phi) is 6.04. The van der Waals surface area contributed by atoms with Crippen molar-refractivity contribution in [2.75, 3.05) is 11.1 Å². The van der Waals surface area contributed by atoms with E-state index in [-0.39, 0.29) is 23.8 Å². The van der Waals surface area contributed by atoms with Crippen LogP contribution < -0.4 is 16.6 Å². The first kappa shape index (κ1) is 18.6. The number of imidazole rings is 1. The van der Waals surface area contributed by atoms with Crippen LogP contribution in [0.5, 0.6) is 0 Å². The van der Waals surface area contributed by atoms with Crippen molar-refractivity contribution in [3.8, 4) is 0 Å². The number of aromatic nitrogens is 4. The molecule has 2 aromatic heterocycles. The van der Waals surface area contributed by atoms with Crippen LogP contribution in [0.15, 0.2) is 35.4 Å². The van der Waals surface area contributed by atoms with E-state index in [4.69, 9.17) is 10.8 Å². The lowest BCUT2D eigenvalue weighted by Gasteiger charge is -2.03. The molecule has 0 radical (unpaired) electrons. The van der Waals surface area contributed by atoms with E-state index < -0.39 is 5.97 Å². The molecule has 3 aromatic rings. The van der Waals surface area contributed by atoms with E-state index in [2.05, 4.69) is 25.3 Å². The molecule has 0 saturated heterocycles. The molecule has 1 aromatic carbocycles. The number of aromatic amines is 2. The Morgan fingerprint density at radius 2 is 1.96 bits per heavy atom.